The molecule has 0 radical (unpaired) electrons. The van der Waals surface area contributed by atoms with Gasteiger partial charge in [-0.15, -0.1) is 0 Å². The molecule has 5 heteroatoms. The fourth-order valence-corrected chi connectivity index (χ4v) is 5.66. The minimum absolute atomic E-state index is 0.167. The number of fused-ring (bicyclic) bond motifs is 1. The third-order valence-corrected chi connectivity index (χ3v) is 7.58. The highest BCUT2D eigenvalue weighted by molar-refractivity contribution is 7.08. The highest BCUT2D eigenvalue weighted by atomic mass is 32.1. The van der Waals surface area contributed by atoms with Gasteiger partial charge in [0.1, 0.15) is 5.75 Å². The summed E-state index contributed by atoms with van der Waals surface area (Å²) in [5.74, 6) is 0.107. The molecule has 2 aromatic carbocycles. The normalized spacial score (nSPS) is 21.7. The molecule has 166 valence electrons. The number of rotatable bonds is 8. The van der Waals surface area contributed by atoms with E-state index in [1.807, 2.05) is 0 Å². The summed E-state index contributed by atoms with van der Waals surface area (Å²) in [4.78, 5) is 11.0. The van der Waals surface area contributed by atoms with Crippen molar-refractivity contribution < 1.29 is 14.6 Å². The van der Waals surface area contributed by atoms with Gasteiger partial charge in [-0.05, 0) is 94.9 Å². The number of ether oxygens (including phenoxy) is 1. The van der Waals surface area contributed by atoms with E-state index in [9.17, 15) is 4.79 Å². The Kier molecular flexibility index (Phi) is 6.03. The Morgan fingerprint density at radius 2 is 2.06 bits per heavy atom. The van der Waals surface area contributed by atoms with Crippen LogP contribution in [0.4, 0.5) is 0 Å². The summed E-state index contributed by atoms with van der Waals surface area (Å²) in [6.45, 7) is 2.84. The molecule has 1 aromatic heterocycles. The number of carboxylic acid groups (broad SMARTS) is 1. The number of hydrogen-bond donors (Lipinski definition) is 2. The first kappa shape index (κ1) is 21.2. The second-order valence-electron chi connectivity index (χ2n) is 9.08. The first-order valence-corrected chi connectivity index (χ1v) is 12.4. The van der Waals surface area contributed by atoms with Gasteiger partial charge in [-0.1, -0.05) is 24.3 Å². The monoisotopic (exact) mass is 447 g/mol. The van der Waals surface area contributed by atoms with E-state index in [0.717, 1.165) is 37.9 Å². The van der Waals surface area contributed by atoms with Crippen molar-refractivity contribution in [2.24, 2.45) is 5.92 Å². The molecule has 0 amide bonds. The number of benzene rings is 2. The maximum atomic E-state index is 11.0. The summed E-state index contributed by atoms with van der Waals surface area (Å²) >= 11 is 1.73. The molecule has 2 aliphatic rings. The lowest BCUT2D eigenvalue weighted by Crippen LogP contribution is -2.45. The maximum absolute atomic E-state index is 11.0. The summed E-state index contributed by atoms with van der Waals surface area (Å²) in [6, 6.07) is 16.0. The lowest BCUT2D eigenvalue weighted by atomic mass is 9.80. The Balaban J connectivity index is 1.14. The zero-order valence-corrected chi connectivity index (χ0v) is 19.2. The van der Waals surface area contributed by atoms with Crippen molar-refractivity contribution in [3.05, 3.63) is 75.5 Å². The van der Waals surface area contributed by atoms with E-state index in [2.05, 4.69) is 65.5 Å². The molecule has 1 heterocycles. The van der Waals surface area contributed by atoms with Gasteiger partial charge in [-0.25, -0.2) is 0 Å². The van der Waals surface area contributed by atoms with E-state index >= 15 is 0 Å². The van der Waals surface area contributed by atoms with E-state index in [4.69, 9.17) is 9.84 Å². The number of hydrogen-bond acceptors (Lipinski definition) is 4. The SMILES string of the molecule is Cc1cc(CCOc2ccc3c(c2)CCC3N[C@H]2C[C@H](C(=O)O)C2)ccc1-c1ccsc1. The molecule has 5 rings (SSSR count). The zero-order chi connectivity index (χ0) is 22.1. The van der Waals surface area contributed by atoms with E-state index < -0.39 is 5.97 Å². The summed E-state index contributed by atoms with van der Waals surface area (Å²) < 4.78 is 6.08. The summed E-state index contributed by atoms with van der Waals surface area (Å²) in [7, 11) is 0. The van der Waals surface area contributed by atoms with Crippen LogP contribution in [0.1, 0.15) is 47.6 Å². The molecule has 0 bridgehead atoms. The number of thiophene rings is 1. The second-order valence-corrected chi connectivity index (χ2v) is 9.86. The van der Waals surface area contributed by atoms with Crippen LogP contribution in [0.2, 0.25) is 0 Å². The van der Waals surface area contributed by atoms with Crippen molar-refractivity contribution in [2.45, 2.75) is 51.1 Å². The first-order valence-electron chi connectivity index (χ1n) is 11.4. The number of carbonyl (C=O) groups is 1. The fourth-order valence-electron chi connectivity index (χ4n) is 5.01. The number of aryl methyl sites for hydroxylation is 2. The molecule has 4 nitrogen and oxygen atoms in total. The number of nitrogens with one attached hydrogen (secondary N) is 1. The smallest absolute Gasteiger partial charge is 0.306 e. The van der Waals surface area contributed by atoms with Crippen molar-refractivity contribution in [2.75, 3.05) is 6.61 Å². The van der Waals surface area contributed by atoms with Crippen molar-refractivity contribution in [1.29, 1.82) is 0 Å². The Morgan fingerprint density at radius 1 is 1.19 bits per heavy atom. The standard InChI is InChI=1S/C27H29NO3S/c1-17-12-18(2-5-24(17)20-9-11-32-16-20)8-10-31-23-4-6-25-19(15-23)3-7-26(25)28-22-13-21(14-22)27(29)30/h2,4-6,9,11-12,15-16,21-22,26,28H,3,7-8,10,13-14H2,1H3,(H,29,30)/t21-,22-,26?. The molecule has 0 spiro atoms. The van der Waals surface area contributed by atoms with Crippen LogP contribution >= 0.6 is 11.3 Å². The van der Waals surface area contributed by atoms with Gasteiger partial charge in [0.2, 0.25) is 0 Å². The Hall–Kier alpha value is -2.63. The van der Waals surface area contributed by atoms with Crippen LogP contribution in [0.15, 0.2) is 53.2 Å². The third kappa shape index (κ3) is 4.45. The lowest BCUT2D eigenvalue weighted by Gasteiger charge is -2.35. The zero-order valence-electron chi connectivity index (χ0n) is 18.3. The minimum atomic E-state index is -0.662. The predicted molar refractivity (Wildman–Crippen MR) is 128 cm³/mol. The molecule has 1 fully saturated rings. The summed E-state index contributed by atoms with van der Waals surface area (Å²) in [5, 5.41) is 17.0. The van der Waals surface area contributed by atoms with E-state index in [0.29, 0.717) is 18.7 Å². The molecule has 3 aromatic rings. The second kappa shape index (κ2) is 9.08. The topological polar surface area (TPSA) is 58.6 Å². The Bertz CT molecular complexity index is 1100. The number of aliphatic carboxylic acids is 1. The van der Waals surface area contributed by atoms with E-state index in [1.165, 1.54) is 33.4 Å². The fraction of sp³-hybridized carbons (Fsp3) is 0.370. The Labute approximate surface area is 193 Å². The third-order valence-electron chi connectivity index (χ3n) is 6.90. The van der Waals surface area contributed by atoms with Gasteiger partial charge in [-0.2, -0.15) is 11.3 Å². The maximum Gasteiger partial charge on any atom is 0.306 e. The van der Waals surface area contributed by atoms with E-state index in [-0.39, 0.29) is 5.92 Å². The molecule has 1 atom stereocenters. The van der Waals surface area contributed by atoms with Gasteiger partial charge in [0.15, 0.2) is 0 Å². The molecule has 1 unspecified atom stereocenters. The number of carboxylic acids is 1. The van der Waals surface area contributed by atoms with Crippen LogP contribution in [0.25, 0.3) is 11.1 Å². The highest BCUT2D eigenvalue weighted by Crippen LogP contribution is 2.37. The van der Waals surface area contributed by atoms with Gasteiger partial charge in [0, 0.05) is 18.5 Å². The van der Waals surface area contributed by atoms with Gasteiger partial charge < -0.3 is 15.2 Å². The van der Waals surface area contributed by atoms with Gasteiger partial charge in [-0.3, -0.25) is 4.79 Å². The van der Waals surface area contributed by atoms with Crippen molar-refractivity contribution in [3.8, 4) is 16.9 Å². The Morgan fingerprint density at radius 3 is 2.81 bits per heavy atom. The van der Waals surface area contributed by atoms with Crippen molar-refractivity contribution >= 4 is 17.3 Å². The molecule has 0 aliphatic heterocycles. The average Bonchev–Trinajstić information content (AvgIpc) is 3.40. The van der Waals surface area contributed by atoms with Crippen LogP contribution < -0.4 is 10.1 Å². The van der Waals surface area contributed by atoms with Crippen LogP contribution in [-0.4, -0.2) is 23.7 Å². The van der Waals surface area contributed by atoms with Gasteiger partial charge in [0.05, 0.1) is 12.5 Å². The molecule has 2 aliphatic carbocycles. The van der Waals surface area contributed by atoms with E-state index in [1.54, 1.807) is 11.3 Å². The quantitative estimate of drug-likeness (QED) is 0.459. The first-order chi connectivity index (χ1) is 15.6. The highest BCUT2D eigenvalue weighted by Gasteiger charge is 2.36. The summed E-state index contributed by atoms with van der Waals surface area (Å²) in [6.07, 6.45) is 4.50. The van der Waals surface area contributed by atoms with Crippen LogP contribution in [0.5, 0.6) is 5.75 Å². The lowest BCUT2D eigenvalue weighted by molar-refractivity contribution is -0.145. The minimum Gasteiger partial charge on any atom is -0.493 e. The molecule has 1 saturated carbocycles. The largest absolute Gasteiger partial charge is 0.493 e. The van der Waals surface area contributed by atoms with Crippen molar-refractivity contribution in [1.82, 2.24) is 5.32 Å². The van der Waals surface area contributed by atoms with Crippen LogP contribution in [-0.2, 0) is 17.6 Å². The van der Waals surface area contributed by atoms with Crippen LogP contribution in [0, 0.1) is 12.8 Å². The van der Waals surface area contributed by atoms with Gasteiger partial charge >= 0.3 is 5.97 Å². The predicted octanol–water partition coefficient (Wildman–Crippen LogP) is 5.79. The van der Waals surface area contributed by atoms with Crippen molar-refractivity contribution in [3.63, 3.8) is 0 Å². The van der Waals surface area contributed by atoms with Gasteiger partial charge in [0.25, 0.3) is 0 Å². The summed E-state index contributed by atoms with van der Waals surface area (Å²) in [5.41, 5.74) is 7.89. The molecule has 2 N–H and O–H groups in total. The molecule has 32 heavy (non-hydrogen) atoms. The molecular formula is C27H29NO3S. The molecular weight excluding hydrogens is 418 g/mol. The molecule has 0 saturated heterocycles. The van der Waals surface area contributed by atoms with Crippen LogP contribution in [0.3, 0.4) is 0 Å². The average molecular weight is 448 g/mol.